The van der Waals surface area contributed by atoms with E-state index in [1.54, 1.807) is 34.1 Å². The molecule has 5 rings (SSSR count). The van der Waals surface area contributed by atoms with Gasteiger partial charge in [-0.1, -0.05) is 29.8 Å². The summed E-state index contributed by atoms with van der Waals surface area (Å²) >= 11 is 6.23. The topological polar surface area (TPSA) is 79.4 Å². The average molecular weight is 516 g/mol. The first-order valence-electron chi connectivity index (χ1n) is 12.0. The van der Waals surface area contributed by atoms with E-state index in [2.05, 4.69) is 0 Å². The summed E-state index contributed by atoms with van der Waals surface area (Å²) in [5, 5.41) is 0.374. The van der Waals surface area contributed by atoms with Crippen LogP contribution in [0.2, 0.25) is 5.02 Å². The molecule has 3 fully saturated rings. The fraction of sp³-hybridized carbons (Fsp3) is 0.423. The van der Waals surface area contributed by atoms with Crippen LogP contribution in [-0.4, -0.2) is 90.2 Å². The number of hydrogen-bond donors (Lipinski definition) is 0. The van der Waals surface area contributed by atoms with Crippen molar-refractivity contribution in [1.82, 2.24) is 14.7 Å². The van der Waals surface area contributed by atoms with E-state index in [-0.39, 0.29) is 24.0 Å². The van der Waals surface area contributed by atoms with Gasteiger partial charge in [0.05, 0.1) is 30.4 Å². The summed E-state index contributed by atoms with van der Waals surface area (Å²) < 4.78 is 25.6. The maximum atomic E-state index is 14.0. The van der Waals surface area contributed by atoms with E-state index < -0.39 is 23.5 Å². The quantitative estimate of drug-likeness (QED) is 0.628. The van der Waals surface area contributed by atoms with Crippen LogP contribution in [0.3, 0.4) is 0 Å². The van der Waals surface area contributed by atoms with Gasteiger partial charge in [0.1, 0.15) is 17.6 Å². The molecule has 3 saturated heterocycles. The Morgan fingerprint density at radius 3 is 2.33 bits per heavy atom. The van der Waals surface area contributed by atoms with E-state index in [9.17, 15) is 18.8 Å². The van der Waals surface area contributed by atoms with Gasteiger partial charge in [-0.25, -0.2) is 4.39 Å². The molecule has 2 aromatic carbocycles. The summed E-state index contributed by atoms with van der Waals surface area (Å²) in [6.45, 7) is 2.40. The lowest BCUT2D eigenvalue weighted by atomic mass is 9.96. The minimum absolute atomic E-state index is 0.0374. The van der Waals surface area contributed by atoms with Crippen molar-refractivity contribution in [2.75, 3.05) is 46.0 Å². The lowest BCUT2D eigenvalue weighted by molar-refractivity contribution is -0.141. The number of amides is 3. The van der Waals surface area contributed by atoms with E-state index in [4.69, 9.17) is 21.1 Å². The van der Waals surface area contributed by atoms with Crippen LogP contribution in [0.1, 0.15) is 33.6 Å². The van der Waals surface area contributed by atoms with Gasteiger partial charge in [-0.15, -0.1) is 0 Å². The predicted octanol–water partition coefficient (Wildman–Crippen LogP) is 2.81. The van der Waals surface area contributed by atoms with Crippen molar-refractivity contribution >= 4 is 29.3 Å². The number of halogens is 2. The Morgan fingerprint density at radius 1 is 0.917 bits per heavy atom. The van der Waals surface area contributed by atoms with Crippen LogP contribution in [0, 0.1) is 5.82 Å². The largest absolute Gasteiger partial charge is 0.378 e. The zero-order valence-electron chi connectivity index (χ0n) is 19.7. The number of morpholine rings is 1. The van der Waals surface area contributed by atoms with Crippen molar-refractivity contribution in [3.05, 3.63) is 70.5 Å². The molecule has 36 heavy (non-hydrogen) atoms. The Bertz CT molecular complexity index is 1160. The Kier molecular flexibility index (Phi) is 6.96. The number of piperidine rings is 1. The van der Waals surface area contributed by atoms with Gasteiger partial charge in [-0.3, -0.25) is 19.3 Å². The second kappa shape index (κ2) is 10.2. The highest BCUT2D eigenvalue weighted by Gasteiger charge is 2.55. The van der Waals surface area contributed by atoms with Gasteiger partial charge in [-0.2, -0.15) is 0 Å². The lowest BCUT2D eigenvalue weighted by Gasteiger charge is -2.45. The molecule has 8 nitrogen and oxygen atoms in total. The van der Waals surface area contributed by atoms with Gasteiger partial charge in [0.2, 0.25) is 5.91 Å². The van der Waals surface area contributed by atoms with Gasteiger partial charge in [0, 0.05) is 44.6 Å². The molecule has 0 aliphatic carbocycles. The molecular weight excluding hydrogens is 489 g/mol. The van der Waals surface area contributed by atoms with Crippen LogP contribution >= 0.6 is 11.6 Å². The van der Waals surface area contributed by atoms with Crippen molar-refractivity contribution in [2.24, 2.45) is 0 Å². The first-order valence-corrected chi connectivity index (χ1v) is 12.4. The van der Waals surface area contributed by atoms with Gasteiger partial charge in [0.25, 0.3) is 11.8 Å². The zero-order chi connectivity index (χ0) is 25.3. The Hall–Kier alpha value is -3.01. The number of rotatable bonds is 3. The molecular formula is C26H27ClFN3O5. The Labute approximate surface area is 213 Å². The Balaban J connectivity index is 1.40. The molecule has 3 heterocycles. The smallest absolute Gasteiger partial charge is 0.256 e. The van der Waals surface area contributed by atoms with Crippen LogP contribution < -0.4 is 0 Å². The van der Waals surface area contributed by atoms with E-state index in [1.807, 2.05) is 0 Å². The molecule has 0 bridgehead atoms. The molecule has 0 aromatic heterocycles. The first-order chi connectivity index (χ1) is 17.4. The molecule has 1 atom stereocenters. The number of ether oxygens (including phenoxy) is 2. The van der Waals surface area contributed by atoms with Crippen molar-refractivity contribution < 1.29 is 28.2 Å². The summed E-state index contributed by atoms with van der Waals surface area (Å²) in [6, 6.07) is 11.5. The maximum absolute atomic E-state index is 14.0. The van der Waals surface area contributed by atoms with Crippen molar-refractivity contribution in [3.8, 4) is 0 Å². The number of hydrogen-bond acceptors (Lipinski definition) is 5. The van der Waals surface area contributed by atoms with Gasteiger partial charge in [-0.05, 0) is 30.3 Å². The first kappa shape index (κ1) is 24.7. The zero-order valence-corrected chi connectivity index (χ0v) is 20.5. The molecule has 2 aromatic rings. The fourth-order valence-electron chi connectivity index (χ4n) is 5.17. The third-order valence-corrected chi connectivity index (χ3v) is 7.42. The highest BCUT2D eigenvalue weighted by atomic mass is 35.5. The highest BCUT2D eigenvalue weighted by molar-refractivity contribution is 6.33. The van der Waals surface area contributed by atoms with E-state index in [0.29, 0.717) is 62.8 Å². The molecule has 0 N–H and O–H groups in total. The number of likely N-dealkylation sites (tertiary alicyclic amines) is 1. The van der Waals surface area contributed by atoms with E-state index in [1.165, 1.54) is 29.2 Å². The minimum Gasteiger partial charge on any atom is -0.378 e. The summed E-state index contributed by atoms with van der Waals surface area (Å²) in [6.07, 6.45) is 0.633. The van der Waals surface area contributed by atoms with E-state index in [0.717, 1.165) is 0 Å². The van der Waals surface area contributed by atoms with E-state index >= 15 is 0 Å². The number of benzene rings is 2. The lowest BCUT2D eigenvalue weighted by Crippen LogP contribution is -2.60. The average Bonchev–Trinajstić information content (AvgIpc) is 3.27. The van der Waals surface area contributed by atoms with Crippen LogP contribution in [-0.2, 0) is 14.3 Å². The molecule has 0 saturated carbocycles. The van der Waals surface area contributed by atoms with Crippen LogP contribution in [0.4, 0.5) is 4.39 Å². The molecule has 3 aliphatic heterocycles. The summed E-state index contributed by atoms with van der Waals surface area (Å²) in [5.74, 6) is -1.41. The number of nitrogens with zero attached hydrogens (tertiary/aromatic N) is 3. The normalized spacial score (nSPS) is 21.6. The van der Waals surface area contributed by atoms with Gasteiger partial charge < -0.3 is 19.3 Å². The molecule has 3 amide bonds. The number of carbonyl (C=O) groups excluding carboxylic acids is 3. The van der Waals surface area contributed by atoms with Gasteiger partial charge in [0.15, 0.2) is 0 Å². The van der Waals surface area contributed by atoms with Crippen LogP contribution in [0.15, 0.2) is 48.5 Å². The highest BCUT2D eigenvalue weighted by Crippen LogP contribution is 2.39. The second-order valence-corrected chi connectivity index (χ2v) is 9.58. The monoisotopic (exact) mass is 515 g/mol. The summed E-state index contributed by atoms with van der Waals surface area (Å²) in [4.78, 5) is 45.1. The standard InChI is InChI=1S/C26H27ClFN3O5/c27-21-7-2-1-6-20(21)24(33)29-10-8-26(9-11-29)31(23(32)18-4-3-5-19(28)16-18)22(17-36-26)25(34)30-12-14-35-15-13-30/h1-7,16,22H,8-15,17H2/t22-/m0/s1. The summed E-state index contributed by atoms with van der Waals surface area (Å²) in [7, 11) is 0. The SMILES string of the molecule is O=C(c1ccccc1Cl)N1CCC2(CC1)OC[C@@H](C(=O)N1CCOCC1)N2C(=O)c1cccc(F)c1. The molecule has 1 spiro atoms. The summed E-state index contributed by atoms with van der Waals surface area (Å²) in [5.41, 5.74) is -0.516. The van der Waals surface area contributed by atoms with Crippen molar-refractivity contribution in [2.45, 2.75) is 24.6 Å². The molecule has 0 radical (unpaired) electrons. The number of carbonyl (C=O) groups is 3. The minimum atomic E-state index is -1.08. The molecule has 3 aliphatic rings. The molecule has 10 heteroatoms. The fourth-order valence-corrected chi connectivity index (χ4v) is 5.39. The predicted molar refractivity (Wildman–Crippen MR) is 129 cm³/mol. The van der Waals surface area contributed by atoms with Crippen molar-refractivity contribution in [1.29, 1.82) is 0 Å². The van der Waals surface area contributed by atoms with Crippen molar-refractivity contribution in [3.63, 3.8) is 0 Å². The maximum Gasteiger partial charge on any atom is 0.256 e. The van der Waals surface area contributed by atoms with Crippen LogP contribution in [0.25, 0.3) is 0 Å². The third kappa shape index (κ3) is 4.58. The molecule has 0 unspecified atom stereocenters. The second-order valence-electron chi connectivity index (χ2n) is 9.17. The molecule has 190 valence electrons. The Morgan fingerprint density at radius 2 is 1.64 bits per heavy atom. The third-order valence-electron chi connectivity index (χ3n) is 7.09. The van der Waals surface area contributed by atoms with Crippen LogP contribution in [0.5, 0.6) is 0 Å². The van der Waals surface area contributed by atoms with Gasteiger partial charge >= 0.3 is 0 Å².